The van der Waals surface area contributed by atoms with Crippen LogP contribution in [0.15, 0.2) is 77.2 Å². The smallest absolute Gasteiger partial charge is 0.295 e. The third-order valence-electron chi connectivity index (χ3n) is 5.44. The van der Waals surface area contributed by atoms with Crippen LogP contribution in [0.4, 0.5) is 5.69 Å². The van der Waals surface area contributed by atoms with Crippen LogP contribution in [0.2, 0.25) is 5.02 Å². The number of carbonyl (C=O) groups excluding carboxylic acids is 1. The Balaban J connectivity index is 1.43. The number of nitrogens with zero attached hydrogens (tertiary/aromatic N) is 5. The monoisotopic (exact) mass is 524 g/mol. The predicted octanol–water partition coefficient (Wildman–Crippen LogP) is 4.23. The van der Waals surface area contributed by atoms with Crippen molar-refractivity contribution in [2.75, 3.05) is 11.1 Å². The summed E-state index contributed by atoms with van der Waals surface area (Å²) in [5, 5.41) is 12.4. The van der Waals surface area contributed by atoms with Crippen LogP contribution in [0.25, 0.3) is 5.69 Å². The van der Waals surface area contributed by atoms with E-state index < -0.39 is 0 Å². The summed E-state index contributed by atoms with van der Waals surface area (Å²) in [5.74, 6) is 0.975. The van der Waals surface area contributed by atoms with Crippen molar-refractivity contribution >= 4 is 35.0 Å². The Hall–Kier alpha value is -3.76. The molecular weight excluding hydrogens is 500 g/mol. The summed E-state index contributed by atoms with van der Waals surface area (Å²) in [6, 6.07) is 16.3. The molecule has 0 atom stereocenters. The number of rotatable bonds is 10. The lowest BCUT2D eigenvalue weighted by Crippen LogP contribution is -2.23. The topological polar surface area (TPSA) is 96.0 Å². The minimum absolute atomic E-state index is 0.0480. The maximum atomic E-state index is 13.0. The van der Waals surface area contributed by atoms with Crippen molar-refractivity contribution in [3.8, 4) is 11.4 Å². The molecule has 186 valence electrons. The van der Waals surface area contributed by atoms with Crippen LogP contribution in [0.5, 0.6) is 5.75 Å². The number of hydrogen-bond donors (Lipinski definition) is 1. The number of halogens is 1. The van der Waals surface area contributed by atoms with Gasteiger partial charge in [-0.3, -0.25) is 18.8 Å². The lowest BCUT2D eigenvalue weighted by atomic mass is 10.3. The van der Waals surface area contributed by atoms with Crippen molar-refractivity contribution in [1.82, 2.24) is 24.1 Å². The standard InChI is InChI=1S/C25H25ClN6O3S/c1-4-14-31-21(15-35-20-12-10-18(26)11-13-20)28-29-25(31)36-16-22(33)27-23-17(2)30(3)32(24(23)34)19-8-6-5-7-9-19/h4-13H,1,14-16H2,2-3H3,(H,27,33). The number of aromatic nitrogens is 5. The third-order valence-corrected chi connectivity index (χ3v) is 6.66. The normalized spacial score (nSPS) is 10.9. The molecule has 0 unspecified atom stereocenters. The summed E-state index contributed by atoms with van der Waals surface area (Å²) in [6.45, 7) is 6.23. The van der Waals surface area contributed by atoms with Crippen LogP contribution in [0.1, 0.15) is 11.5 Å². The quantitative estimate of drug-likeness (QED) is 0.246. The van der Waals surface area contributed by atoms with Gasteiger partial charge < -0.3 is 10.1 Å². The maximum absolute atomic E-state index is 13.0. The van der Waals surface area contributed by atoms with Gasteiger partial charge in [-0.05, 0) is 43.3 Å². The SMILES string of the molecule is C=CCn1c(COc2ccc(Cl)cc2)nnc1SCC(=O)Nc1c(C)n(C)n(-c2ccccc2)c1=O. The highest BCUT2D eigenvalue weighted by Crippen LogP contribution is 2.21. The predicted molar refractivity (Wildman–Crippen MR) is 141 cm³/mol. The molecule has 0 aliphatic heterocycles. The number of benzene rings is 2. The van der Waals surface area contributed by atoms with Gasteiger partial charge in [0, 0.05) is 18.6 Å². The van der Waals surface area contributed by atoms with Crippen LogP contribution in [-0.4, -0.2) is 35.8 Å². The Kier molecular flexibility index (Phi) is 7.97. The van der Waals surface area contributed by atoms with Crippen LogP contribution < -0.4 is 15.6 Å². The molecule has 4 rings (SSSR count). The van der Waals surface area contributed by atoms with Gasteiger partial charge in [0.05, 0.1) is 17.1 Å². The molecule has 1 amide bonds. The number of nitrogens with one attached hydrogen (secondary N) is 1. The molecule has 9 nitrogen and oxygen atoms in total. The van der Waals surface area contributed by atoms with Crippen molar-refractivity contribution < 1.29 is 9.53 Å². The fourth-order valence-corrected chi connectivity index (χ4v) is 4.43. The number of anilines is 1. The van der Waals surface area contributed by atoms with E-state index in [1.165, 1.54) is 16.4 Å². The van der Waals surface area contributed by atoms with Crippen molar-refractivity contribution in [2.45, 2.75) is 25.2 Å². The Bertz CT molecular complexity index is 1430. The zero-order valence-corrected chi connectivity index (χ0v) is 21.4. The highest BCUT2D eigenvalue weighted by atomic mass is 35.5. The molecule has 0 saturated heterocycles. The average molecular weight is 525 g/mol. The summed E-state index contributed by atoms with van der Waals surface area (Å²) in [7, 11) is 1.78. The molecule has 0 saturated carbocycles. The van der Waals surface area contributed by atoms with E-state index >= 15 is 0 Å². The number of amides is 1. The molecule has 0 aliphatic carbocycles. The summed E-state index contributed by atoms with van der Waals surface area (Å²) in [5.41, 5.74) is 1.32. The Morgan fingerprint density at radius 2 is 1.89 bits per heavy atom. The molecule has 0 spiro atoms. The second-order valence-corrected chi connectivity index (χ2v) is 9.19. The number of carbonyl (C=O) groups is 1. The van der Waals surface area contributed by atoms with E-state index in [4.69, 9.17) is 16.3 Å². The molecule has 0 radical (unpaired) electrons. The minimum Gasteiger partial charge on any atom is -0.486 e. The first-order valence-corrected chi connectivity index (χ1v) is 12.4. The number of thioether (sulfide) groups is 1. The summed E-state index contributed by atoms with van der Waals surface area (Å²) in [4.78, 5) is 25.8. The zero-order valence-electron chi connectivity index (χ0n) is 19.8. The van der Waals surface area contributed by atoms with Crippen molar-refractivity contribution in [3.05, 3.63) is 94.1 Å². The molecule has 2 aromatic heterocycles. The first-order valence-electron chi connectivity index (χ1n) is 11.1. The van der Waals surface area contributed by atoms with E-state index in [9.17, 15) is 9.59 Å². The largest absolute Gasteiger partial charge is 0.486 e. The Morgan fingerprint density at radius 3 is 2.58 bits per heavy atom. The van der Waals surface area contributed by atoms with E-state index in [-0.39, 0.29) is 29.5 Å². The summed E-state index contributed by atoms with van der Waals surface area (Å²) < 4.78 is 10.9. The fourth-order valence-electron chi connectivity index (χ4n) is 3.54. The van der Waals surface area contributed by atoms with Gasteiger partial charge in [-0.2, -0.15) is 0 Å². The first kappa shape index (κ1) is 25.3. The van der Waals surface area contributed by atoms with Gasteiger partial charge in [0.2, 0.25) is 5.91 Å². The highest BCUT2D eigenvalue weighted by molar-refractivity contribution is 7.99. The summed E-state index contributed by atoms with van der Waals surface area (Å²) in [6.07, 6.45) is 1.72. The Labute approximate surface area is 217 Å². The molecule has 1 N–H and O–H groups in total. The molecular formula is C25H25ClN6O3S. The number of para-hydroxylation sites is 1. The minimum atomic E-state index is -0.321. The third kappa shape index (κ3) is 5.55. The van der Waals surface area contributed by atoms with E-state index in [1.54, 1.807) is 49.0 Å². The van der Waals surface area contributed by atoms with Crippen molar-refractivity contribution in [2.24, 2.45) is 7.05 Å². The maximum Gasteiger partial charge on any atom is 0.295 e. The van der Waals surface area contributed by atoms with E-state index in [1.807, 2.05) is 34.9 Å². The zero-order chi connectivity index (χ0) is 25.7. The molecule has 0 bridgehead atoms. The van der Waals surface area contributed by atoms with Gasteiger partial charge in [-0.1, -0.05) is 47.6 Å². The lowest BCUT2D eigenvalue weighted by molar-refractivity contribution is -0.113. The first-order chi connectivity index (χ1) is 17.4. The van der Waals surface area contributed by atoms with Gasteiger partial charge in [0.15, 0.2) is 11.0 Å². The summed E-state index contributed by atoms with van der Waals surface area (Å²) >= 11 is 7.13. The van der Waals surface area contributed by atoms with E-state index in [2.05, 4.69) is 22.1 Å². The molecule has 11 heteroatoms. The molecule has 36 heavy (non-hydrogen) atoms. The van der Waals surface area contributed by atoms with Crippen LogP contribution in [-0.2, 0) is 25.0 Å². The van der Waals surface area contributed by atoms with Gasteiger partial charge in [-0.15, -0.1) is 16.8 Å². The van der Waals surface area contributed by atoms with E-state index in [0.29, 0.717) is 39.7 Å². The second kappa shape index (κ2) is 11.3. The molecule has 0 aliphatic rings. The molecule has 2 heterocycles. The number of allylic oxidation sites excluding steroid dienone is 1. The van der Waals surface area contributed by atoms with Crippen molar-refractivity contribution in [1.29, 1.82) is 0 Å². The second-order valence-electron chi connectivity index (χ2n) is 7.81. The number of hydrogen-bond acceptors (Lipinski definition) is 6. The van der Waals surface area contributed by atoms with Gasteiger partial charge in [0.25, 0.3) is 5.56 Å². The number of ether oxygens (including phenoxy) is 1. The molecule has 4 aromatic rings. The highest BCUT2D eigenvalue weighted by Gasteiger charge is 2.19. The average Bonchev–Trinajstić information content (AvgIpc) is 3.36. The van der Waals surface area contributed by atoms with Gasteiger partial charge in [-0.25, -0.2) is 4.68 Å². The lowest BCUT2D eigenvalue weighted by Gasteiger charge is -2.09. The van der Waals surface area contributed by atoms with Crippen molar-refractivity contribution in [3.63, 3.8) is 0 Å². The van der Waals surface area contributed by atoms with Crippen LogP contribution in [0.3, 0.4) is 0 Å². The fraction of sp³-hybridized carbons (Fsp3) is 0.200. The molecule has 2 aromatic carbocycles. The van der Waals surface area contributed by atoms with Gasteiger partial charge in [0.1, 0.15) is 18.0 Å². The Morgan fingerprint density at radius 1 is 1.17 bits per heavy atom. The molecule has 0 fully saturated rings. The van der Waals surface area contributed by atoms with Gasteiger partial charge >= 0.3 is 0 Å². The van der Waals surface area contributed by atoms with E-state index in [0.717, 1.165) is 0 Å². The van der Waals surface area contributed by atoms with Crippen LogP contribution in [0, 0.1) is 6.92 Å². The van der Waals surface area contributed by atoms with Crippen LogP contribution >= 0.6 is 23.4 Å².